The molecular formula is C16H22N4S. The van der Waals surface area contributed by atoms with Crippen LogP contribution < -0.4 is 5.73 Å². The maximum atomic E-state index is 5.71. The monoisotopic (exact) mass is 302 g/mol. The van der Waals surface area contributed by atoms with E-state index in [0.29, 0.717) is 5.92 Å². The van der Waals surface area contributed by atoms with E-state index in [2.05, 4.69) is 28.8 Å². The number of fused-ring (bicyclic) bond motifs is 1. The second-order valence-corrected chi connectivity index (χ2v) is 5.98. The van der Waals surface area contributed by atoms with Crippen molar-refractivity contribution in [2.75, 3.05) is 0 Å². The summed E-state index contributed by atoms with van der Waals surface area (Å²) in [5.41, 5.74) is 9.24. The molecule has 2 aromatic heterocycles. The second-order valence-electron chi connectivity index (χ2n) is 5.06. The smallest absolute Gasteiger partial charge is 0.116 e. The molecule has 5 heteroatoms. The molecule has 0 fully saturated rings. The van der Waals surface area contributed by atoms with E-state index >= 15 is 0 Å². The first-order chi connectivity index (χ1) is 10.2. The Morgan fingerprint density at radius 2 is 2.10 bits per heavy atom. The highest BCUT2D eigenvalue weighted by Crippen LogP contribution is 2.24. The first kappa shape index (κ1) is 15.6. The molecule has 0 spiro atoms. The average Bonchev–Trinajstić information content (AvgIpc) is 3.08. The molecule has 0 amide bonds. The van der Waals surface area contributed by atoms with Gasteiger partial charge in [0.05, 0.1) is 15.9 Å². The van der Waals surface area contributed by atoms with Crippen molar-refractivity contribution in [3.8, 4) is 0 Å². The zero-order valence-corrected chi connectivity index (χ0v) is 13.7. The van der Waals surface area contributed by atoms with E-state index < -0.39 is 0 Å². The third-order valence-corrected chi connectivity index (χ3v) is 4.56. The third kappa shape index (κ3) is 3.67. The van der Waals surface area contributed by atoms with Gasteiger partial charge < -0.3 is 5.73 Å². The van der Waals surface area contributed by atoms with Crippen LogP contribution in [0, 0.1) is 12.8 Å². The Morgan fingerprint density at radius 1 is 1.29 bits per heavy atom. The summed E-state index contributed by atoms with van der Waals surface area (Å²) in [7, 11) is 0. The van der Waals surface area contributed by atoms with Gasteiger partial charge in [-0.3, -0.25) is 0 Å². The van der Waals surface area contributed by atoms with E-state index in [-0.39, 0.29) is 0 Å². The van der Waals surface area contributed by atoms with Gasteiger partial charge in [-0.05, 0) is 36.8 Å². The molecule has 4 nitrogen and oxygen atoms in total. The first-order valence-electron chi connectivity index (χ1n) is 7.34. The number of aliphatic imine (C=N–C) groups is 1. The standard InChI is InChI=1S/C9H16N2.C7H6N2S/c1-3-5-7-6-11-9(10)8(7)4-2;1-5-7-6(2-3-10-7)9-4-8-5/h6,8H,3-5H2,1-2H3,(H2,10,11);2-4H,1H3. The molecule has 3 rings (SSSR count). The fraction of sp³-hybridized carbons (Fsp3) is 0.438. The van der Waals surface area contributed by atoms with Gasteiger partial charge in [-0.25, -0.2) is 15.0 Å². The van der Waals surface area contributed by atoms with Crippen LogP contribution in [-0.4, -0.2) is 15.8 Å². The molecule has 112 valence electrons. The number of hydrogen-bond donors (Lipinski definition) is 1. The molecule has 1 aliphatic heterocycles. The topological polar surface area (TPSA) is 64.2 Å². The Kier molecular flexibility index (Phi) is 5.44. The van der Waals surface area contributed by atoms with Crippen LogP contribution in [0.25, 0.3) is 10.2 Å². The maximum Gasteiger partial charge on any atom is 0.116 e. The van der Waals surface area contributed by atoms with Crippen molar-refractivity contribution in [3.63, 3.8) is 0 Å². The van der Waals surface area contributed by atoms with Crippen molar-refractivity contribution in [2.45, 2.75) is 40.0 Å². The summed E-state index contributed by atoms with van der Waals surface area (Å²) in [5, 5.41) is 2.03. The Bertz CT molecular complexity index is 657. The number of rotatable bonds is 3. The lowest BCUT2D eigenvalue weighted by molar-refractivity contribution is 0.716. The first-order valence-corrected chi connectivity index (χ1v) is 8.22. The van der Waals surface area contributed by atoms with Gasteiger partial charge in [0.15, 0.2) is 0 Å². The summed E-state index contributed by atoms with van der Waals surface area (Å²) in [6.07, 6.45) is 6.95. The largest absolute Gasteiger partial charge is 0.387 e. The van der Waals surface area contributed by atoms with Gasteiger partial charge in [-0.15, -0.1) is 11.3 Å². The van der Waals surface area contributed by atoms with E-state index in [1.807, 2.05) is 24.6 Å². The number of aryl methyl sites for hydroxylation is 1. The minimum Gasteiger partial charge on any atom is -0.387 e. The number of hydrogen-bond acceptors (Lipinski definition) is 5. The zero-order valence-electron chi connectivity index (χ0n) is 12.8. The normalized spacial score (nSPS) is 17.2. The lowest BCUT2D eigenvalue weighted by Crippen LogP contribution is -2.21. The van der Waals surface area contributed by atoms with Gasteiger partial charge in [0.2, 0.25) is 0 Å². The highest BCUT2D eigenvalue weighted by atomic mass is 32.1. The minimum atomic E-state index is 0.440. The molecule has 0 aromatic carbocycles. The van der Waals surface area contributed by atoms with Crippen LogP contribution >= 0.6 is 11.3 Å². The Labute approximate surface area is 129 Å². The van der Waals surface area contributed by atoms with Crippen LogP contribution in [0.1, 0.15) is 38.8 Å². The van der Waals surface area contributed by atoms with Crippen molar-refractivity contribution in [3.05, 3.63) is 35.2 Å². The molecular weight excluding hydrogens is 280 g/mol. The van der Waals surface area contributed by atoms with Crippen LogP contribution in [0.5, 0.6) is 0 Å². The predicted octanol–water partition coefficient (Wildman–Crippen LogP) is 4.07. The quantitative estimate of drug-likeness (QED) is 0.929. The number of nitrogens with zero attached hydrogens (tertiary/aromatic N) is 3. The van der Waals surface area contributed by atoms with E-state index in [1.54, 1.807) is 17.7 Å². The third-order valence-electron chi connectivity index (χ3n) is 3.55. The molecule has 0 radical (unpaired) electrons. The van der Waals surface area contributed by atoms with Gasteiger partial charge >= 0.3 is 0 Å². The summed E-state index contributed by atoms with van der Waals surface area (Å²) in [5.74, 6) is 1.24. The number of nitrogens with two attached hydrogens (primary N) is 1. The zero-order chi connectivity index (χ0) is 15.2. The number of amidine groups is 1. The van der Waals surface area contributed by atoms with Crippen molar-refractivity contribution >= 4 is 27.4 Å². The number of thiophene rings is 1. The van der Waals surface area contributed by atoms with Crippen molar-refractivity contribution < 1.29 is 0 Å². The molecule has 0 bridgehead atoms. The maximum absolute atomic E-state index is 5.71. The Balaban J connectivity index is 0.000000154. The van der Waals surface area contributed by atoms with E-state index in [9.17, 15) is 0 Å². The summed E-state index contributed by atoms with van der Waals surface area (Å²) in [6, 6.07) is 2.01. The molecule has 0 saturated heterocycles. The van der Waals surface area contributed by atoms with E-state index in [1.165, 1.54) is 16.7 Å². The lowest BCUT2D eigenvalue weighted by Gasteiger charge is -2.11. The molecule has 2 aromatic rings. The van der Waals surface area contributed by atoms with E-state index in [0.717, 1.165) is 29.9 Å². The average molecular weight is 302 g/mol. The van der Waals surface area contributed by atoms with E-state index in [4.69, 9.17) is 5.73 Å². The number of aromatic nitrogens is 2. The van der Waals surface area contributed by atoms with Gasteiger partial charge in [0.25, 0.3) is 0 Å². The van der Waals surface area contributed by atoms with Crippen LogP contribution in [0.4, 0.5) is 0 Å². The molecule has 2 N–H and O–H groups in total. The molecule has 0 aliphatic carbocycles. The van der Waals surface area contributed by atoms with Crippen LogP contribution in [-0.2, 0) is 0 Å². The molecule has 1 atom stereocenters. The lowest BCUT2D eigenvalue weighted by atomic mass is 9.94. The fourth-order valence-electron chi connectivity index (χ4n) is 2.44. The summed E-state index contributed by atoms with van der Waals surface area (Å²) in [4.78, 5) is 12.3. The Hall–Kier alpha value is -1.75. The van der Waals surface area contributed by atoms with Crippen LogP contribution in [0.2, 0.25) is 0 Å². The molecule has 1 unspecified atom stereocenters. The highest BCUT2D eigenvalue weighted by molar-refractivity contribution is 7.17. The van der Waals surface area contributed by atoms with Crippen molar-refractivity contribution in [2.24, 2.45) is 16.6 Å². The predicted molar refractivity (Wildman–Crippen MR) is 90.5 cm³/mol. The van der Waals surface area contributed by atoms with Crippen molar-refractivity contribution in [1.82, 2.24) is 9.97 Å². The summed E-state index contributed by atoms with van der Waals surface area (Å²) in [6.45, 7) is 6.34. The van der Waals surface area contributed by atoms with Crippen LogP contribution in [0.15, 0.2) is 34.5 Å². The summed E-state index contributed by atoms with van der Waals surface area (Å²) < 4.78 is 1.20. The van der Waals surface area contributed by atoms with Gasteiger partial charge in [-0.2, -0.15) is 0 Å². The molecule has 3 heterocycles. The summed E-state index contributed by atoms with van der Waals surface area (Å²) >= 11 is 1.69. The van der Waals surface area contributed by atoms with Gasteiger partial charge in [0.1, 0.15) is 12.2 Å². The Morgan fingerprint density at radius 3 is 2.76 bits per heavy atom. The van der Waals surface area contributed by atoms with Gasteiger partial charge in [0, 0.05) is 12.1 Å². The fourth-order valence-corrected chi connectivity index (χ4v) is 3.24. The SMILES string of the molecule is CCCC1=CN=C(N)C1CC.Cc1ncnc2ccsc12. The van der Waals surface area contributed by atoms with Crippen LogP contribution in [0.3, 0.4) is 0 Å². The molecule has 1 aliphatic rings. The van der Waals surface area contributed by atoms with Gasteiger partial charge in [-0.1, -0.05) is 20.3 Å². The van der Waals surface area contributed by atoms with Crippen molar-refractivity contribution in [1.29, 1.82) is 0 Å². The molecule has 0 saturated carbocycles. The second kappa shape index (κ2) is 7.31. The minimum absolute atomic E-state index is 0.440. The highest BCUT2D eigenvalue weighted by Gasteiger charge is 2.19. The molecule has 21 heavy (non-hydrogen) atoms.